The maximum Gasteiger partial charge on any atom is 0.303 e. The predicted molar refractivity (Wildman–Crippen MR) is 168 cm³/mol. The number of hydrogen-bond acceptors (Lipinski definition) is 6. The first-order chi connectivity index (χ1) is 22.2. The van der Waals surface area contributed by atoms with Crippen molar-refractivity contribution in [3.05, 3.63) is 119 Å². The molecular formula is C38H33NO7. The van der Waals surface area contributed by atoms with E-state index in [1.807, 2.05) is 60.7 Å². The van der Waals surface area contributed by atoms with Crippen LogP contribution in [-0.4, -0.2) is 51.0 Å². The molecule has 6 atom stereocenters. The zero-order valence-electron chi connectivity index (χ0n) is 25.0. The lowest BCUT2D eigenvalue weighted by atomic mass is 9.44. The molecule has 8 heteroatoms. The van der Waals surface area contributed by atoms with E-state index in [1.54, 1.807) is 30.3 Å². The van der Waals surface area contributed by atoms with Gasteiger partial charge in [-0.2, -0.15) is 0 Å². The molecule has 46 heavy (non-hydrogen) atoms. The summed E-state index contributed by atoms with van der Waals surface area (Å²) in [5.41, 5.74) is 1.75. The highest BCUT2D eigenvalue weighted by atomic mass is 16.4. The first-order valence-corrected chi connectivity index (χ1v) is 15.7. The number of benzene rings is 3. The molecule has 2 fully saturated rings. The van der Waals surface area contributed by atoms with Gasteiger partial charge in [0.2, 0.25) is 11.8 Å². The van der Waals surface area contributed by atoms with Gasteiger partial charge in [-0.1, -0.05) is 84.4 Å². The summed E-state index contributed by atoms with van der Waals surface area (Å²) in [6.45, 7) is 0.0185. The summed E-state index contributed by atoms with van der Waals surface area (Å²) in [5, 5.41) is 19.8. The van der Waals surface area contributed by atoms with Crippen LogP contribution < -0.4 is 0 Å². The average Bonchev–Trinajstić information content (AvgIpc) is 3.31. The number of rotatable bonds is 7. The molecule has 0 spiro atoms. The zero-order valence-corrected chi connectivity index (χ0v) is 25.0. The van der Waals surface area contributed by atoms with Crippen molar-refractivity contribution < 1.29 is 34.2 Å². The monoisotopic (exact) mass is 615 g/mol. The third-order valence-corrected chi connectivity index (χ3v) is 10.4. The van der Waals surface area contributed by atoms with Crippen LogP contribution in [0.5, 0.6) is 5.75 Å². The van der Waals surface area contributed by atoms with Crippen molar-refractivity contribution in [2.24, 2.45) is 23.7 Å². The second kappa shape index (κ2) is 11.4. The van der Waals surface area contributed by atoms with Gasteiger partial charge in [0.25, 0.3) is 0 Å². The highest BCUT2D eigenvalue weighted by Crippen LogP contribution is 2.63. The second-order valence-corrected chi connectivity index (χ2v) is 12.7. The Hall–Kier alpha value is -5.11. The van der Waals surface area contributed by atoms with E-state index in [-0.39, 0.29) is 61.4 Å². The van der Waals surface area contributed by atoms with Gasteiger partial charge in [-0.05, 0) is 60.1 Å². The van der Waals surface area contributed by atoms with E-state index >= 15 is 0 Å². The Kier molecular flexibility index (Phi) is 7.31. The van der Waals surface area contributed by atoms with Crippen LogP contribution in [0.15, 0.2) is 103 Å². The summed E-state index contributed by atoms with van der Waals surface area (Å²) in [5.74, 6) is -5.51. The Morgan fingerprint density at radius 2 is 1.59 bits per heavy atom. The largest absolute Gasteiger partial charge is 0.508 e. The Morgan fingerprint density at radius 3 is 2.28 bits per heavy atom. The number of nitrogens with zero attached hydrogens (tertiary/aromatic N) is 1. The van der Waals surface area contributed by atoms with Crippen LogP contribution >= 0.6 is 0 Å². The number of phenols is 1. The molecule has 3 aromatic carbocycles. The van der Waals surface area contributed by atoms with Gasteiger partial charge in [-0.3, -0.25) is 28.9 Å². The number of ketones is 2. The molecule has 2 amide bonds. The standard InChI is InChI=1S/C38H33NO7/c40-25-14-7-11-23(19-25)34-26-16-17-27-33(37(46)39(36(27)45)18-8-15-32(42)43)29(26)20-30-35(44)28(22-9-3-1-4-10-22)21-31(41)38(30,34)24-12-5-2-6-13-24/h1-7,9-14,16,19,21,27,29-30,33-34,40H,8,15,17-18,20H2,(H,42,43)/t27-,29+,30-,33-,34-,38-/m0/s1. The summed E-state index contributed by atoms with van der Waals surface area (Å²) in [6, 6.07) is 25.1. The summed E-state index contributed by atoms with van der Waals surface area (Å²) in [7, 11) is 0. The van der Waals surface area contributed by atoms with E-state index < -0.39 is 41.0 Å². The highest BCUT2D eigenvalue weighted by molar-refractivity contribution is 6.31. The topological polar surface area (TPSA) is 129 Å². The third-order valence-electron chi connectivity index (χ3n) is 10.4. The number of carbonyl (C=O) groups is 5. The first-order valence-electron chi connectivity index (χ1n) is 15.7. The molecule has 8 nitrogen and oxygen atoms in total. The van der Waals surface area contributed by atoms with E-state index in [0.717, 1.165) is 5.57 Å². The number of allylic oxidation sites excluding steroid dienone is 4. The van der Waals surface area contributed by atoms with E-state index in [0.29, 0.717) is 22.3 Å². The van der Waals surface area contributed by atoms with Crippen LogP contribution in [-0.2, 0) is 29.4 Å². The quantitative estimate of drug-likeness (QED) is 0.280. The fourth-order valence-electron chi connectivity index (χ4n) is 8.63. The molecule has 0 aromatic heterocycles. The molecule has 0 unspecified atom stereocenters. The number of amides is 2. The van der Waals surface area contributed by atoms with Crippen molar-refractivity contribution in [1.29, 1.82) is 0 Å². The average molecular weight is 616 g/mol. The van der Waals surface area contributed by atoms with Crippen molar-refractivity contribution in [3.63, 3.8) is 0 Å². The molecule has 1 saturated carbocycles. The van der Waals surface area contributed by atoms with Crippen molar-refractivity contribution in [3.8, 4) is 5.75 Å². The summed E-state index contributed by atoms with van der Waals surface area (Å²) >= 11 is 0. The van der Waals surface area contributed by atoms with Crippen molar-refractivity contribution in [2.75, 3.05) is 6.54 Å². The summed E-state index contributed by atoms with van der Waals surface area (Å²) in [6.07, 6.45) is 3.91. The molecule has 3 aliphatic carbocycles. The van der Waals surface area contributed by atoms with Gasteiger partial charge >= 0.3 is 5.97 Å². The number of carboxylic acid groups (broad SMARTS) is 1. The van der Waals surface area contributed by atoms with Crippen molar-refractivity contribution >= 4 is 34.9 Å². The lowest BCUT2D eigenvalue weighted by molar-refractivity contribution is -0.142. The fourth-order valence-corrected chi connectivity index (χ4v) is 8.63. The van der Waals surface area contributed by atoms with E-state index in [9.17, 15) is 29.1 Å². The SMILES string of the molecule is O=C(O)CCCN1C(=O)[C@H]2[C@H](CC=C3[C@H]2C[C@H]2C(=O)C(c4ccccc4)=CC(=O)[C@@]2(c2ccccc2)[C@H]3c2cccc(O)c2)C1=O. The van der Waals surface area contributed by atoms with Crippen LogP contribution in [0.1, 0.15) is 48.3 Å². The predicted octanol–water partition coefficient (Wildman–Crippen LogP) is 5.08. The number of phenolic OH excluding ortho intramolecular Hbond substituents is 1. The lowest BCUT2D eigenvalue weighted by Crippen LogP contribution is -2.58. The summed E-state index contributed by atoms with van der Waals surface area (Å²) in [4.78, 5) is 69.7. The molecule has 0 bridgehead atoms. The van der Waals surface area contributed by atoms with Crippen LogP contribution in [0.2, 0.25) is 0 Å². The number of likely N-dealkylation sites (tertiary alicyclic amines) is 1. The van der Waals surface area contributed by atoms with Gasteiger partial charge in [0.15, 0.2) is 11.6 Å². The van der Waals surface area contributed by atoms with Crippen molar-refractivity contribution in [2.45, 2.75) is 37.0 Å². The zero-order chi connectivity index (χ0) is 32.2. The van der Waals surface area contributed by atoms with Crippen LogP contribution in [0.4, 0.5) is 0 Å². The maximum atomic E-state index is 14.9. The Labute approximate surface area is 266 Å². The molecule has 1 aliphatic heterocycles. The van der Waals surface area contributed by atoms with E-state index in [4.69, 9.17) is 5.11 Å². The number of imide groups is 1. The van der Waals surface area contributed by atoms with Gasteiger partial charge in [-0.25, -0.2) is 0 Å². The normalized spacial score (nSPS) is 28.6. The minimum Gasteiger partial charge on any atom is -0.508 e. The molecule has 3 aromatic rings. The smallest absolute Gasteiger partial charge is 0.303 e. The molecule has 232 valence electrons. The molecule has 2 N–H and O–H groups in total. The Morgan fingerprint density at radius 1 is 0.870 bits per heavy atom. The minimum atomic E-state index is -1.35. The van der Waals surface area contributed by atoms with Gasteiger partial charge in [0.05, 0.1) is 17.3 Å². The number of aromatic hydroxyl groups is 1. The fraction of sp³-hybridized carbons (Fsp3) is 0.289. The number of carbonyl (C=O) groups excluding carboxylic acids is 4. The number of hydrogen-bond donors (Lipinski definition) is 2. The van der Waals surface area contributed by atoms with Gasteiger partial charge in [0, 0.05) is 30.4 Å². The van der Waals surface area contributed by atoms with Crippen LogP contribution in [0.3, 0.4) is 0 Å². The van der Waals surface area contributed by atoms with Crippen LogP contribution in [0, 0.1) is 23.7 Å². The lowest BCUT2D eigenvalue weighted by Gasteiger charge is -2.55. The highest BCUT2D eigenvalue weighted by Gasteiger charge is 2.65. The third kappa shape index (κ3) is 4.46. The van der Waals surface area contributed by atoms with Crippen LogP contribution in [0.25, 0.3) is 5.57 Å². The van der Waals surface area contributed by atoms with Gasteiger partial charge in [-0.15, -0.1) is 0 Å². The number of carboxylic acids is 1. The number of Topliss-reactive ketones (excluding diaryl/α,β-unsaturated/α-hetero) is 1. The first kappa shape index (κ1) is 29.6. The van der Waals surface area contributed by atoms with E-state index in [2.05, 4.69) is 0 Å². The Bertz CT molecular complexity index is 1830. The molecular weight excluding hydrogens is 582 g/mol. The second-order valence-electron chi connectivity index (χ2n) is 12.7. The molecule has 4 aliphatic rings. The molecule has 1 saturated heterocycles. The maximum absolute atomic E-state index is 14.9. The number of fused-ring (bicyclic) bond motifs is 4. The minimum absolute atomic E-state index is 0.0144. The van der Waals surface area contributed by atoms with Gasteiger partial charge < -0.3 is 10.2 Å². The summed E-state index contributed by atoms with van der Waals surface area (Å²) < 4.78 is 0. The molecule has 7 rings (SSSR count). The van der Waals surface area contributed by atoms with Gasteiger partial charge in [0.1, 0.15) is 5.75 Å². The number of aliphatic carboxylic acids is 1. The molecule has 1 heterocycles. The Balaban J connectivity index is 1.43. The molecule has 0 radical (unpaired) electrons. The van der Waals surface area contributed by atoms with E-state index in [1.165, 1.54) is 11.0 Å². The van der Waals surface area contributed by atoms with Crippen molar-refractivity contribution in [1.82, 2.24) is 4.90 Å².